The Labute approximate surface area is 97.2 Å². The summed E-state index contributed by atoms with van der Waals surface area (Å²) in [5.41, 5.74) is -0.584. The third kappa shape index (κ3) is 3.29. The molecule has 3 heteroatoms. The summed E-state index contributed by atoms with van der Waals surface area (Å²) in [5.74, 6) is 0.358. The molecule has 0 spiro atoms. The molecule has 2 aliphatic carbocycles. The summed E-state index contributed by atoms with van der Waals surface area (Å²) in [6, 6.07) is 0. The fourth-order valence-corrected chi connectivity index (χ4v) is 2.71. The van der Waals surface area contributed by atoms with Crippen molar-refractivity contribution >= 4 is 5.78 Å². The Morgan fingerprint density at radius 1 is 1.19 bits per heavy atom. The molecule has 92 valence electrons. The molecular weight excluding hydrogens is 204 g/mol. The van der Waals surface area contributed by atoms with Gasteiger partial charge in [0.15, 0.2) is 0 Å². The van der Waals surface area contributed by atoms with E-state index in [-0.39, 0.29) is 6.10 Å². The number of hydrogen-bond acceptors (Lipinski definition) is 3. The molecule has 2 fully saturated rings. The molecule has 0 heterocycles. The lowest BCUT2D eigenvalue weighted by atomic mass is 9.85. The standard InChI is InChI=1S/C13H22O3/c14-11-4-6-12(7-5-11)16-10-13(15)8-2-1-3-9-13/h12,15H,1-10H2. The Bertz CT molecular complexity index is 234. The summed E-state index contributed by atoms with van der Waals surface area (Å²) in [6.45, 7) is 0.464. The van der Waals surface area contributed by atoms with Crippen LogP contribution in [0.2, 0.25) is 0 Å². The van der Waals surface area contributed by atoms with E-state index in [9.17, 15) is 9.90 Å². The van der Waals surface area contributed by atoms with Crippen molar-refractivity contribution in [1.29, 1.82) is 0 Å². The number of Topliss-reactive ketones (excluding diaryl/α,β-unsaturated/α-hetero) is 1. The second-order valence-corrected chi connectivity index (χ2v) is 5.33. The minimum atomic E-state index is -0.584. The molecule has 0 unspecified atom stereocenters. The van der Waals surface area contributed by atoms with Gasteiger partial charge in [-0.25, -0.2) is 0 Å². The maximum Gasteiger partial charge on any atom is 0.133 e. The largest absolute Gasteiger partial charge is 0.387 e. The second-order valence-electron chi connectivity index (χ2n) is 5.33. The van der Waals surface area contributed by atoms with Gasteiger partial charge in [-0.2, -0.15) is 0 Å². The number of carbonyl (C=O) groups excluding carboxylic acids is 1. The maximum atomic E-state index is 11.1. The molecule has 3 nitrogen and oxygen atoms in total. The first-order chi connectivity index (χ1) is 7.68. The summed E-state index contributed by atoms with van der Waals surface area (Å²) in [5, 5.41) is 10.3. The molecule has 0 atom stereocenters. The molecule has 16 heavy (non-hydrogen) atoms. The topological polar surface area (TPSA) is 46.5 Å². The van der Waals surface area contributed by atoms with E-state index in [1.165, 1.54) is 6.42 Å². The van der Waals surface area contributed by atoms with Crippen LogP contribution in [0, 0.1) is 0 Å². The van der Waals surface area contributed by atoms with Crippen LogP contribution in [0.1, 0.15) is 57.8 Å². The highest BCUT2D eigenvalue weighted by molar-refractivity contribution is 5.79. The lowest BCUT2D eigenvalue weighted by molar-refractivity contribution is -0.126. The SMILES string of the molecule is O=C1CCC(OCC2(O)CCCCC2)CC1. The number of rotatable bonds is 3. The van der Waals surface area contributed by atoms with E-state index >= 15 is 0 Å². The van der Waals surface area contributed by atoms with Gasteiger partial charge in [-0.1, -0.05) is 19.3 Å². The van der Waals surface area contributed by atoms with Crippen LogP contribution in [0.25, 0.3) is 0 Å². The van der Waals surface area contributed by atoms with Gasteiger partial charge in [-0.15, -0.1) is 0 Å². The Morgan fingerprint density at radius 2 is 1.81 bits per heavy atom. The number of ketones is 1. The fourth-order valence-electron chi connectivity index (χ4n) is 2.71. The zero-order chi connectivity index (χ0) is 11.4. The van der Waals surface area contributed by atoms with Gasteiger partial charge in [0.25, 0.3) is 0 Å². The first kappa shape index (κ1) is 12.1. The van der Waals surface area contributed by atoms with Gasteiger partial charge in [-0.3, -0.25) is 4.79 Å². The average Bonchev–Trinajstić information content (AvgIpc) is 2.29. The highest BCUT2D eigenvalue weighted by Crippen LogP contribution is 2.29. The first-order valence-corrected chi connectivity index (χ1v) is 6.54. The molecule has 0 radical (unpaired) electrons. The van der Waals surface area contributed by atoms with Crippen molar-refractivity contribution < 1.29 is 14.6 Å². The van der Waals surface area contributed by atoms with Crippen molar-refractivity contribution in [3.63, 3.8) is 0 Å². The molecule has 0 amide bonds. The van der Waals surface area contributed by atoms with E-state index in [1.807, 2.05) is 0 Å². The lowest BCUT2D eigenvalue weighted by Gasteiger charge is -2.33. The monoisotopic (exact) mass is 226 g/mol. The van der Waals surface area contributed by atoms with Crippen LogP contribution in [0.15, 0.2) is 0 Å². The fraction of sp³-hybridized carbons (Fsp3) is 0.923. The minimum absolute atomic E-state index is 0.198. The summed E-state index contributed by atoms with van der Waals surface area (Å²) >= 11 is 0. The molecule has 2 aliphatic rings. The van der Waals surface area contributed by atoms with Crippen LogP contribution in [0.5, 0.6) is 0 Å². The highest BCUT2D eigenvalue weighted by Gasteiger charge is 2.31. The summed E-state index contributed by atoms with van der Waals surface area (Å²) in [7, 11) is 0. The summed E-state index contributed by atoms with van der Waals surface area (Å²) < 4.78 is 5.77. The third-order valence-corrected chi connectivity index (χ3v) is 3.86. The van der Waals surface area contributed by atoms with Crippen molar-refractivity contribution in [2.24, 2.45) is 0 Å². The number of aliphatic hydroxyl groups is 1. The molecule has 0 aromatic heterocycles. The van der Waals surface area contributed by atoms with Gasteiger partial charge in [0.2, 0.25) is 0 Å². The normalized spacial score (nSPS) is 26.9. The van der Waals surface area contributed by atoms with Crippen molar-refractivity contribution in [1.82, 2.24) is 0 Å². The van der Waals surface area contributed by atoms with Crippen LogP contribution < -0.4 is 0 Å². The molecule has 1 N–H and O–H groups in total. The second kappa shape index (κ2) is 5.28. The van der Waals surface area contributed by atoms with Gasteiger partial charge >= 0.3 is 0 Å². The third-order valence-electron chi connectivity index (χ3n) is 3.86. The average molecular weight is 226 g/mol. The summed E-state index contributed by atoms with van der Waals surface area (Å²) in [6.07, 6.45) is 8.41. The van der Waals surface area contributed by atoms with Crippen molar-refractivity contribution in [3.05, 3.63) is 0 Å². The Hall–Kier alpha value is -0.410. The molecular formula is C13H22O3. The Morgan fingerprint density at radius 3 is 2.44 bits per heavy atom. The quantitative estimate of drug-likeness (QED) is 0.802. The molecule has 2 saturated carbocycles. The van der Waals surface area contributed by atoms with Gasteiger partial charge in [-0.05, 0) is 25.7 Å². The zero-order valence-electron chi connectivity index (χ0n) is 9.91. The van der Waals surface area contributed by atoms with E-state index in [0.29, 0.717) is 25.2 Å². The van der Waals surface area contributed by atoms with E-state index in [4.69, 9.17) is 4.74 Å². The van der Waals surface area contributed by atoms with Crippen molar-refractivity contribution in [2.75, 3.05) is 6.61 Å². The minimum Gasteiger partial charge on any atom is -0.387 e. The van der Waals surface area contributed by atoms with Crippen LogP contribution in [-0.2, 0) is 9.53 Å². The van der Waals surface area contributed by atoms with E-state index in [1.54, 1.807) is 0 Å². The molecule has 0 aromatic rings. The first-order valence-electron chi connectivity index (χ1n) is 6.54. The van der Waals surface area contributed by atoms with Crippen LogP contribution in [-0.4, -0.2) is 29.2 Å². The van der Waals surface area contributed by atoms with Crippen LogP contribution in [0.4, 0.5) is 0 Å². The van der Waals surface area contributed by atoms with E-state index in [0.717, 1.165) is 38.5 Å². The predicted molar refractivity (Wildman–Crippen MR) is 61.2 cm³/mol. The highest BCUT2D eigenvalue weighted by atomic mass is 16.5. The van der Waals surface area contributed by atoms with Crippen LogP contribution in [0.3, 0.4) is 0 Å². The smallest absolute Gasteiger partial charge is 0.133 e. The maximum absolute atomic E-state index is 11.1. The van der Waals surface area contributed by atoms with E-state index < -0.39 is 5.60 Å². The van der Waals surface area contributed by atoms with Gasteiger partial charge in [0, 0.05) is 12.8 Å². The lowest BCUT2D eigenvalue weighted by Crippen LogP contribution is -2.38. The Kier molecular flexibility index (Phi) is 3.98. The zero-order valence-corrected chi connectivity index (χ0v) is 9.91. The molecule has 0 aromatic carbocycles. The van der Waals surface area contributed by atoms with E-state index in [2.05, 4.69) is 0 Å². The number of hydrogen-bond donors (Lipinski definition) is 1. The predicted octanol–water partition coefficient (Wildman–Crippen LogP) is 2.21. The molecule has 0 aliphatic heterocycles. The molecule has 0 bridgehead atoms. The molecule has 0 saturated heterocycles. The molecule has 2 rings (SSSR count). The van der Waals surface area contributed by atoms with Crippen molar-refractivity contribution in [3.8, 4) is 0 Å². The van der Waals surface area contributed by atoms with Gasteiger partial charge in [0.05, 0.1) is 18.3 Å². The Balaban J connectivity index is 1.71. The number of ether oxygens (including phenoxy) is 1. The summed E-state index contributed by atoms with van der Waals surface area (Å²) in [4.78, 5) is 11.1. The van der Waals surface area contributed by atoms with Crippen molar-refractivity contribution in [2.45, 2.75) is 69.5 Å². The van der Waals surface area contributed by atoms with Gasteiger partial charge in [0.1, 0.15) is 5.78 Å². The van der Waals surface area contributed by atoms with Gasteiger partial charge < -0.3 is 9.84 Å². The number of carbonyl (C=O) groups is 1. The van der Waals surface area contributed by atoms with Crippen LogP contribution >= 0.6 is 0 Å².